The Morgan fingerprint density at radius 2 is 1.72 bits per heavy atom. The standard InChI is InChI=1S/C21H31BN2O5/c1-19(2,3)27-18(26)23-11-12-24(17(25)14-23)16-10-8-9-15(13-16)22-28-20(4,5)21(6,7)29-22/h8-10,13H,11-12,14H2,1-7H3. The minimum atomic E-state index is -0.589. The van der Waals surface area contributed by atoms with E-state index in [0.717, 1.165) is 11.2 Å². The van der Waals surface area contributed by atoms with Gasteiger partial charge >= 0.3 is 13.2 Å². The molecule has 158 valence electrons. The third-order valence-corrected chi connectivity index (χ3v) is 5.58. The molecule has 2 aliphatic rings. The highest BCUT2D eigenvalue weighted by Gasteiger charge is 2.51. The van der Waals surface area contributed by atoms with Crippen LogP contribution >= 0.6 is 0 Å². The minimum Gasteiger partial charge on any atom is -0.444 e. The van der Waals surface area contributed by atoms with Gasteiger partial charge in [-0.1, -0.05) is 12.1 Å². The monoisotopic (exact) mass is 402 g/mol. The molecular weight excluding hydrogens is 371 g/mol. The third-order valence-electron chi connectivity index (χ3n) is 5.58. The van der Waals surface area contributed by atoms with Gasteiger partial charge in [-0.2, -0.15) is 0 Å². The maximum absolute atomic E-state index is 12.7. The lowest BCUT2D eigenvalue weighted by Crippen LogP contribution is -2.53. The van der Waals surface area contributed by atoms with Gasteiger partial charge in [0, 0.05) is 18.8 Å². The van der Waals surface area contributed by atoms with Crippen molar-refractivity contribution in [2.24, 2.45) is 0 Å². The van der Waals surface area contributed by atoms with E-state index in [1.54, 1.807) is 4.90 Å². The van der Waals surface area contributed by atoms with Crippen molar-refractivity contribution < 1.29 is 23.6 Å². The van der Waals surface area contributed by atoms with E-state index in [2.05, 4.69) is 0 Å². The smallest absolute Gasteiger partial charge is 0.444 e. The molecule has 0 unspecified atom stereocenters. The summed E-state index contributed by atoms with van der Waals surface area (Å²) in [5.74, 6) is -0.145. The van der Waals surface area contributed by atoms with Gasteiger partial charge < -0.3 is 18.9 Å². The summed E-state index contributed by atoms with van der Waals surface area (Å²) >= 11 is 0. The molecule has 7 nitrogen and oxygen atoms in total. The number of anilines is 1. The zero-order valence-corrected chi connectivity index (χ0v) is 18.4. The summed E-state index contributed by atoms with van der Waals surface area (Å²) in [6.45, 7) is 14.3. The van der Waals surface area contributed by atoms with Crippen molar-refractivity contribution >= 4 is 30.3 Å². The molecule has 8 heteroatoms. The molecule has 0 bridgehead atoms. The molecule has 0 spiro atoms. The van der Waals surface area contributed by atoms with Gasteiger partial charge in [-0.3, -0.25) is 9.69 Å². The zero-order chi connectivity index (χ0) is 21.6. The average molecular weight is 402 g/mol. The van der Waals surface area contributed by atoms with Crippen LogP contribution in [0.2, 0.25) is 0 Å². The first kappa shape index (κ1) is 21.6. The second-order valence-electron chi connectivity index (χ2n) is 9.63. The molecule has 2 saturated heterocycles. The Labute approximate surface area is 173 Å². The van der Waals surface area contributed by atoms with Gasteiger partial charge in [0.2, 0.25) is 5.91 Å². The lowest BCUT2D eigenvalue weighted by atomic mass is 9.79. The van der Waals surface area contributed by atoms with E-state index in [4.69, 9.17) is 14.0 Å². The van der Waals surface area contributed by atoms with Crippen LogP contribution in [0.25, 0.3) is 0 Å². The molecular formula is C21H31BN2O5. The maximum Gasteiger partial charge on any atom is 0.494 e. The highest BCUT2D eigenvalue weighted by molar-refractivity contribution is 6.62. The van der Waals surface area contributed by atoms with Gasteiger partial charge in [-0.05, 0) is 66.1 Å². The first-order chi connectivity index (χ1) is 13.3. The molecule has 0 saturated carbocycles. The highest BCUT2D eigenvalue weighted by atomic mass is 16.7. The average Bonchev–Trinajstić information content (AvgIpc) is 2.81. The van der Waals surface area contributed by atoms with E-state index in [9.17, 15) is 9.59 Å². The third kappa shape index (κ3) is 4.59. The van der Waals surface area contributed by atoms with Gasteiger partial charge in [0.15, 0.2) is 0 Å². The molecule has 0 aliphatic carbocycles. The number of hydrogen-bond donors (Lipinski definition) is 0. The van der Waals surface area contributed by atoms with Crippen molar-refractivity contribution in [1.29, 1.82) is 0 Å². The van der Waals surface area contributed by atoms with Crippen LogP contribution in [0.1, 0.15) is 48.5 Å². The number of carbonyl (C=O) groups excluding carboxylic acids is 2. The molecule has 0 radical (unpaired) electrons. The Morgan fingerprint density at radius 3 is 2.28 bits per heavy atom. The number of amides is 2. The fourth-order valence-corrected chi connectivity index (χ4v) is 3.25. The first-order valence-corrected chi connectivity index (χ1v) is 10.0. The molecule has 0 atom stereocenters. The minimum absolute atomic E-state index is 0.00433. The Hall–Kier alpha value is -2.06. The van der Waals surface area contributed by atoms with Gasteiger partial charge in [-0.15, -0.1) is 0 Å². The Morgan fingerprint density at radius 1 is 1.10 bits per heavy atom. The predicted octanol–water partition coefficient (Wildman–Crippen LogP) is 2.57. The van der Waals surface area contributed by atoms with Gasteiger partial charge in [-0.25, -0.2) is 4.79 Å². The van der Waals surface area contributed by atoms with E-state index >= 15 is 0 Å². The number of ether oxygens (including phenoxy) is 1. The summed E-state index contributed by atoms with van der Waals surface area (Å²) in [6.07, 6.45) is -0.462. The second kappa shape index (κ2) is 7.33. The summed E-state index contributed by atoms with van der Waals surface area (Å²) < 4.78 is 17.6. The highest BCUT2D eigenvalue weighted by Crippen LogP contribution is 2.36. The molecule has 1 aromatic carbocycles. The van der Waals surface area contributed by atoms with E-state index in [1.165, 1.54) is 4.90 Å². The van der Waals surface area contributed by atoms with E-state index in [-0.39, 0.29) is 12.5 Å². The van der Waals surface area contributed by atoms with Crippen molar-refractivity contribution in [3.05, 3.63) is 24.3 Å². The van der Waals surface area contributed by atoms with Crippen molar-refractivity contribution in [3.8, 4) is 0 Å². The summed E-state index contributed by atoms with van der Waals surface area (Å²) in [5.41, 5.74) is 0.189. The van der Waals surface area contributed by atoms with Crippen LogP contribution in [0.15, 0.2) is 24.3 Å². The fraction of sp³-hybridized carbons (Fsp3) is 0.619. The number of piperazine rings is 1. The Kier molecular flexibility index (Phi) is 5.47. The number of benzene rings is 1. The molecule has 2 aliphatic heterocycles. The fourth-order valence-electron chi connectivity index (χ4n) is 3.25. The number of nitrogens with zero attached hydrogens (tertiary/aromatic N) is 2. The quantitative estimate of drug-likeness (QED) is 0.712. The molecule has 1 aromatic rings. The molecule has 3 rings (SSSR count). The normalized spacial score (nSPS) is 21.5. The van der Waals surface area contributed by atoms with Crippen LogP contribution < -0.4 is 10.4 Å². The SMILES string of the molecule is CC(C)(C)OC(=O)N1CCN(c2cccc(B3OC(C)(C)C(C)(C)O3)c2)C(=O)C1. The number of carbonyl (C=O) groups is 2. The molecule has 0 aromatic heterocycles. The van der Waals surface area contributed by atoms with Crippen LogP contribution in [-0.4, -0.2) is 60.5 Å². The van der Waals surface area contributed by atoms with Crippen LogP contribution in [-0.2, 0) is 18.8 Å². The van der Waals surface area contributed by atoms with Crippen molar-refractivity contribution in [2.75, 3.05) is 24.5 Å². The molecule has 2 fully saturated rings. The van der Waals surface area contributed by atoms with E-state index < -0.39 is 30.0 Å². The van der Waals surface area contributed by atoms with Gasteiger partial charge in [0.25, 0.3) is 0 Å². The maximum atomic E-state index is 12.7. The largest absolute Gasteiger partial charge is 0.494 e. The van der Waals surface area contributed by atoms with E-state index in [1.807, 2.05) is 72.7 Å². The van der Waals surface area contributed by atoms with Gasteiger partial charge in [0.05, 0.1) is 11.2 Å². The van der Waals surface area contributed by atoms with Crippen molar-refractivity contribution in [1.82, 2.24) is 4.90 Å². The predicted molar refractivity (Wildman–Crippen MR) is 112 cm³/mol. The Bertz CT molecular complexity index is 787. The molecule has 2 heterocycles. The van der Waals surface area contributed by atoms with E-state index in [0.29, 0.717) is 13.1 Å². The molecule has 29 heavy (non-hydrogen) atoms. The van der Waals surface area contributed by atoms with Gasteiger partial charge in [0.1, 0.15) is 12.1 Å². The van der Waals surface area contributed by atoms with Crippen molar-refractivity contribution in [2.45, 2.75) is 65.3 Å². The lowest BCUT2D eigenvalue weighted by molar-refractivity contribution is -0.121. The number of rotatable bonds is 2. The molecule has 2 amide bonds. The van der Waals surface area contributed by atoms with Crippen LogP contribution in [0.4, 0.5) is 10.5 Å². The summed E-state index contributed by atoms with van der Waals surface area (Å²) in [4.78, 5) is 28.1. The number of hydrogen-bond acceptors (Lipinski definition) is 5. The van der Waals surface area contributed by atoms with Crippen LogP contribution in [0.3, 0.4) is 0 Å². The van der Waals surface area contributed by atoms with Crippen LogP contribution in [0.5, 0.6) is 0 Å². The zero-order valence-electron chi connectivity index (χ0n) is 18.4. The first-order valence-electron chi connectivity index (χ1n) is 10.0. The summed E-state index contributed by atoms with van der Waals surface area (Å²) in [6, 6.07) is 7.63. The molecule has 0 N–H and O–H groups in total. The lowest BCUT2D eigenvalue weighted by Gasteiger charge is -2.35. The summed E-state index contributed by atoms with van der Waals surface area (Å²) in [7, 11) is -0.488. The van der Waals surface area contributed by atoms with Crippen LogP contribution in [0, 0.1) is 0 Å². The summed E-state index contributed by atoms with van der Waals surface area (Å²) in [5, 5.41) is 0. The Balaban J connectivity index is 1.71. The second-order valence-corrected chi connectivity index (χ2v) is 9.63. The topological polar surface area (TPSA) is 68.3 Å². The van der Waals surface area contributed by atoms with Crippen molar-refractivity contribution in [3.63, 3.8) is 0 Å².